The molecule has 0 fully saturated rings. The average molecular weight is 568 g/mol. The van der Waals surface area contributed by atoms with Gasteiger partial charge in [0, 0.05) is 48.0 Å². The summed E-state index contributed by atoms with van der Waals surface area (Å²) in [5.74, 6) is -1.73. The average Bonchev–Trinajstić information content (AvgIpc) is 3.37. The molecule has 5 aromatic rings. The molecule has 4 aromatic carbocycles. The number of aromatic nitrogens is 2. The number of amides is 2. The zero-order chi connectivity index (χ0) is 28.5. The Morgan fingerprint density at radius 3 is 2.45 bits per heavy atom. The number of carboxylic acids is 1. The van der Waals surface area contributed by atoms with Crippen LogP contribution in [-0.4, -0.2) is 34.8 Å². The van der Waals surface area contributed by atoms with Crippen molar-refractivity contribution in [3.8, 4) is 0 Å². The van der Waals surface area contributed by atoms with Crippen LogP contribution in [0, 0.1) is 0 Å². The summed E-state index contributed by atoms with van der Waals surface area (Å²) in [6.07, 6.45) is -0.280. The summed E-state index contributed by atoms with van der Waals surface area (Å²) < 4.78 is 0. The van der Waals surface area contributed by atoms with E-state index < -0.39 is 11.9 Å². The second-order valence-corrected chi connectivity index (χ2v) is 9.96. The van der Waals surface area contributed by atoms with Crippen LogP contribution in [0.3, 0.4) is 0 Å². The summed E-state index contributed by atoms with van der Waals surface area (Å²) >= 11 is 0. The van der Waals surface area contributed by atoms with Crippen molar-refractivity contribution < 1.29 is 49.0 Å². The summed E-state index contributed by atoms with van der Waals surface area (Å²) in [5, 5.41) is 17.8. The van der Waals surface area contributed by atoms with Crippen molar-refractivity contribution in [2.45, 2.75) is 18.9 Å². The van der Waals surface area contributed by atoms with E-state index >= 15 is 0 Å². The van der Waals surface area contributed by atoms with Gasteiger partial charge in [0.25, 0.3) is 11.8 Å². The zero-order valence-electron chi connectivity index (χ0n) is 23.2. The van der Waals surface area contributed by atoms with Crippen LogP contribution in [-0.2, 0) is 11.3 Å². The fourth-order valence-electron chi connectivity index (χ4n) is 5.25. The Morgan fingerprint density at radius 1 is 0.952 bits per heavy atom. The number of aliphatic carboxylic acids is 1. The Morgan fingerprint density at radius 2 is 1.69 bits per heavy atom. The molecule has 6 rings (SSSR count). The third-order valence-corrected chi connectivity index (χ3v) is 7.33. The molecule has 0 radical (unpaired) electrons. The quantitative estimate of drug-likeness (QED) is 0.253. The van der Waals surface area contributed by atoms with Crippen LogP contribution < -0.4 is 50.2 Å². The second kappa shape index (κ2) is 12.2. The van der Waals surface area contributed by atoms with Gasteiger partial charge in [-0.25, -0.2) is 4.98 Å². The van der Waals surface area contributed by atoms with E-state index in [0.717, 1.165) is 22.3 Å². The van der Waals surface area contributed by atoms with Crippen molar-refractivity contribution in [1.29, 1.82) is 0 Å². The number of nitrogens with zero attached hydrogens (tertiary/aromatic N) is 2. The number of carbonyl (C=O) groups excluding carboxylic acids is 3. The Hall–Kier alpha value is -4.44. The number of imidazole rings is 1. The summed E-state index contributed by atoms with van der Waals surface area (Å²) in [4.78, 5) is 47.2. The number of carbonyl (C=O) groups is 3. The van der Waals surface area contributed by atoms with E-state index in [-0.39, 0.29) is 47.8 Å². The molecule has 2 amide bonds. The second-order valence-electron chi connectivity index (χ2n) is 9.96. The summed E-state index contributed by atoms with van der Waals surface area (Å²) in [5.41, 5.74) is 6.15. The smallest absolute Gasteiger partial charge is 0.550 e. The zero-order valence-corrected chi connectivity index (χ0v) is 25.2. The SMILES string of the molecule is CN1C(=O)c2ccccc2C(CC(=O)[O-])c2ccc(C(=O)NCc3ccc(Nc4nc5ccccc5[nH]4)cc3)cc21.[Na+]. The first-order valence-electron chi connectivity index (χ1n) is 13.2. The molecule has 9 nitrogen and oxygen atoms in total. The normalized spacial score (nSPS) is 13.9. The van der Waals surface area contributed by atoms with Crippen LogP contribution >= 0.6 is 0 Å². The minimum atomic E-state index is -1.21. The number of hydrogen-bond acceptors (Lipinski definition) is 6. The predicted octanol–water partition coefficient (Wildman–Crippen LogP) is 1.10. The molecule has 1 atom stereocenters. The van der Waals surface area contributed by atoms with Gasteiger partial charge in [0.05, 0.1) is 11.0 Å². The van der Waals surface area contributed by atoms with Gasteiger partial charge in [-0.1, -0.05) is 48.5 Å². The monoisotopic (exact) mass is 567 g/mol. The van der Waals surface area contributed by atoms with E-state index in [0.29, 0.717) is 40.4 Å². The third-order valence-electron chi connectivity index (χ3n) is 7.33. The minimum absolute atomic E-state index is 0. The van der Waals surface area contributed by atoms with Crippen LogP contribution in [0.5, 0.6) is 0 Å². The molecule has 2 heterocycles. The van der Waals surface area contributed by atoms with Crippen molar-refractivity contribution >= 4 is 46.1 Å². The van der Waals surface area contributed by atoms with Gasteiger partial charge in [0.15, 0.2) is 0 Å². The molecule has 204 valence electrons. The first-order chi connectivity index (χ1) is 19.9. The predicted molar refractivity (Wildman–Crippen MR) is 154 cm³/mol. The molecule has 1 aliphatic heterocycles. The number of H-pyrrole nitrogens is 1. The maximum Gasteiger partial charge on any atom is 1.00 e. The maximum absolute atomic E-state index is 13.3. The summed E-state index contributed by atoms with van der Waals surface area (Å²) in [6.45, 7) is 0.300. The van der Waals surface area contributed by atoms with Crippen molar-refractivity contribution in [3.63, 3.8) is 0 Å². The van der Waals surface area contributed by atoms with Gasteiger partial charge in [0.1, 0.15) is 0 Å². The number of hydrogen-bond donors (Lipinski definition) is 3. The number of para-hydroxylation sites is 2. The van der Waals surface area contributed by atoms with Gasteiger partial charge < -0.3 is 30.4 Å². The van der Waals surface area contributed by atoms with Crippen LogP contribution in [0.4, 0.5) is 17.3 Å². The standard InChI is InChI=1S/C32H27N5O4.Na/c1-37-28-16-20(12-15-23(28)25(17-29(38)39)22-6-2-3-7-24(22)31(37)41)30(40)33-18-19-10-13-21(14-11-19)34-32-35-26-8-4-5-9-27(26)36-32;/h2-16,25H,17-18H2,1H3,(H,33,40)(H,38,39)(H2,34,35,36);/q;+1/p-1. The Labute approximate surface area is 264 Å². The van der Waals surface area contributed by atoms with E-state index in [1.165, 1.54) is 4.90 Å². The molecule has 0 spiro atoms. The molecule has 0 bridgehead atoms. The molecule has 0 saturated carbocycles. The molecular formula is C32H26N5NaO4. The van der Waals surface area contributed by atoms with E-state index in [2.05, 4.69) is 20.6 Å². The van der Waals surface area contributed by atoms with Gasteiger partial charge in [-0.15, -0.1) is 0 Å². The van der Waals surface area contributed by atoms with Crippen LogP contribution in [0.25, 0.3) is 11.0 Å². The Balaban J connectivity index is 0.00000353. The molecule has 0 aliphatic carbocycles. The van der Waals surface area contributed by atoms with Gasteiger partial charge in [-0.2, -0.15) is 0 Å². The van der Waals surface area contributed by atoms with Crippen molar-refractivity contribution in [2.75, 3.05) is 17.3 Å². The van der Waals surface area contributed by atoms with E-state index in [1.807, 2.05) is 48.5 Å². The Bertz CT molecular complexity index is 1770. The maximum atomic E-state index is 13.3. The van der Waals surface area contributed by atoms with E-state index in [4.69, 9.17) is 0 Å². The van der Waals surface area contributed by atoms with Crippen molar-refractivity contribution in [3.05, 3.63) is 119 Å². The Kier molecular flexibility index (Phi) is 8.44. The van der Waals surface area contributed by atoms with Gasteiger partial charge in [-0.3, -0.25) is 9.59 Å². The van der Waals surface area contributed by atoms with Crippen LogP contribution in [0.2, 0.25) is 0 Å². The number of rotatable bonds is 7. The number of nitrogens with one attached hydrogen (secondary N) is 3. The molecule has 0 saturated heterocycles. The molecule has 1 aliphatic rings. The van der Waals surface area contributed by atoms with E-state index in [1.54, 1.807) is 49.5 Å². The molecule has 1 unspecified atom stereocenters. The molecule has 3 N–H and O–H groups in total. The topological polar surface area (TPSA) is 130 Å². The van der Waals surface area contributed by atoms with Crippen molar-refractivity contribution in [1.82, 2.24) is 15.3 Å². The van der Waals surface area contributed by atoms with Crippen LogP contribution in [0.15, 0.2) is 91.0 Å². The first kappa shape index (κ1) is 29.1. The summed E-state index contributed by atoms with van der Waals surface area (Å²) in [7, 11) is 1.63. The fourth-order valence-corrected chi connectivity index (χ4v) is 5.25. The van der Waals surface area contributed by atoms with Gasteiger partial charge in [0.2, 0.25) is 5.95 Å². The minimum Gasteiger partial charge on any atom is -0.550 e. The molecule has 42 heavy (non-hydrogen) atoms. The van der Waals surface area contributed by atoms with Gasteiger partial charge in [-0.05, 0) is 65.6 Å². The number of fused-ring (bicyclic) bond motifs is 3. The number of anilines is 3. The van der Waals surface area contributed by atoms with Gasteiger partial charge >= 0.3 is 29.6 Å². The fraction of sp³-hybridized carbons (Fsp3) is 0.125. The molecular weight excluding hydrogens is 541 g/mol. The number of aromatic amines is 1. The molecule has 10 heteroatoms. The third kappa shape index (κ3) is 5.80. The van der Waals surface area contributed by atoms with E-state index in [9.17, 15) is 19.5 Å². The molecule has 1 aromatic heterocycles. The number of carboxylic acid groups (broad SMARTS) is 1. The largest absolute Gasteiger partial charge is 1.00 e. The first-order valence-corrected chi connectivity index (χ1v) is 13.2. The van der Waals surface area contributed by atoms with Crippen LogP contribution in [0.1, 0.15) is 49.7 Å². The summed E-state index contributed by atoms with van der Waals surface area (Å²) in [6, 6.07) is 27.4. The number of benzene rings is 4. The van der Waals surface area contributed by atoms with Crippen molar-refractivity contribution in [2.24, 2.45) is 0 Å².